The lowest BCUT2D eigenvalue weighted by Gasteiger charge is -2.20. The monoisotopic (exact) mass is 287 g/mol. The number of hydrogen-bond donors (Lipinski definition) is 2. The summed E-state index contributed by atoms with van der Waals surface area (Å²) in [5.41, 5.74) is -0.551. The molecule has 0 rings (SSSR count). The van der Waals surface area contributed by atoms with Crippen molar-refractivity contribution in [2.75, 3.05) is 6.54 Å². The van der Waals surface area contributed by atoms with Crippen molar-refractivity contribution in [2.45, 2.75) is 53.1 Å². The molecule has 0 heterocycles. The van der Waals surface area contributed by atoms with E-state index in [0.717, 1.165) is 0 Å². The summed E-state index contributed by atoms with van der Waals surface area (Å²) in [7, 11) is 0. The van der Waals surface area contributed by atoms with Crippen LogP contribution in [0.15, 0.2) is 0 Å². The summed E-state index contributed by atoms with van der Waals surface area (Å²) in [6, 6.07) is 0. The lowest BCUT2D eigenvalue weighted by Crippen LogP contribution is -2.36. The van der Waals surface area contributed by atoms with E-state index >= 15 is 0 Å². The van der Waals surface area contributed by atoms with Gasteiger partial charge in [-0.2, -0.15) is 0 Å². The van der Waals surface area contributed by atoms with Gasteiger partial charge < -0.3 is 15.2 Å². The predicted molar refractivity (Wildman–Crippen MR) is 74.1 cm³/mol. The topological polar surface area (TPSA) is 92.7 Å². The zero-order valence-electron chi connectivity index (χ0n) is 12.9. The second-order valence-electron chi connectivity index (χ2n) is 6.08. The Hall–Kier alpha value is -1.59. The van der Waals surface area contributed by atoms with Crippen molar-refractivity contribution in [2.24, 2.45) is 11.8 Å². The highest BCUT2D eigenvalue weighted by molar-refractivity contribution is 5.83. The van der Waals surface area contributed by atoms with Crippen LogP contribution in [0.1, 0.15) is 47.5 Å². The first kappa shape index (κ1) is 18.4. The molecule has 6 heteroatoms. The Balaban J connectivity index is 4.20. The number of carbonyl (C=O) groups is 3. The van der Waals surface area contributed by atoms with Gasteiger partial charge in [-0.05, 0) is 26.7 Å². The number of hydrogen-bond acceptors (Lipinski definition) is 4. The van der Waals surface area contributed by atoms with E-state index in [-0.39, 0.29) is 31.2 Å². The molecule has 20 heavy (non-hydrogen) atoms. The highest BCUT2D eigenvalue weighted by Crippen LogP contribution is 2.15. The van der Waals surface area contributed by atoms with Gasteiger partial charge in [0.25, 0.3) is 0 Å². The molecule has 0 saturated carbocycles. The van der Waals surface area contributed by atoms with E-state index in [0.29, 0.717) is 0 Å². The molecule has 0 saturated heterocycles. The Kier molecular flexibility index (Phi) is 7.24. The van der Waals surface area contributed by atoms with E-state index < -0.39 is 23.5 Å². The van der Waals surface area contributed by atoms with Crippen LogP contribution in [0.5, 0.6) is 0 Å². The maximum atomic E-state index is 11.9. The molecule has 2 N–H and O–H groups in total. The fourth-order valence-electron chi connectivity index (χ4n) is 1.63. The summed E-state index contributed by atoms with van der Waals surface area (Å²) in [5.74, 6) is -2.41. The van der Waals surface area contributed by atoms with Crippen LogP contribution in [0, 0.1) is 11.8 Å². The van der Waals surface area contributed by atoms with Crippen molar-refractivity contribution in [3.8, 4) is 0 Å². The first-order valence-corrected chi connectivity index (χ1v) is 6.74. The third kappa shape index (κ3) is 8.50. The molecule has 0 aromatic heterocycles. The molecule has 1 atom stereocenters. The number of esters is 1. The third-order valence-electron chi connectivity index (χ3n) is 2.58. The van der Waals surface area contributed by atoms with Gasteiger partial charge >= 0.3 is 11.9 Å². The molecular formula is C14H25NO5. The average molecular weight is 287 g/mol. The first-order valence-electron chi connectivity index (χ1n) is 6.74. The minimum Gasteiger partial charge on any atom is -0.481 e. The Labute approximate surface area is 119 Å². The zero-order chi connectivity index (χ0) is 15.9. The maximum Gasteiger partial charge on any atom is 0.308 e. The summed E-state index contributed by atoms with van der Waals surface area (Å²) in [6.07, 6.45) is -0.142. The van der Waals surface area contributed by atoms with E-state index in [9.17, 15) is 14.4 Å². The summed E-state index contributed by atoms with van der Waals surface area (Å²) in [6.45, 7) is 9.04. The van der Waals surface area contributed by atoms with Crippen LogP contribution < -0.4 is 5.32 Å². The van der Waals surface area contributed by atoms with Crippen molar-refractivity contribution in [1.82, 2.24) is 5.32 Å². The number of nitrogens with one attached hydrogen (secondary N) is 1. The van der Waals surface area contributed by atoms with Crippen LogP contribution in [0.2, 0.25) is 0 Å². The van der Waals surface area contributed by atoms with Gasteiger partial charge in [-0.25, -0.2) is 0 Å². The Morgan fingerprint density at radius 2 is 1.75 bits per heavy atom. The fraction of sp³-hybridized carbons (Fsp3) is 0.786. The quantitative estimate of drug-likeness (QED) is 0.693. The predicted octanol–water partition coefficient (Wildman–Crippen LogP) is 1.58. The second-order valence-corrected chi connectivity index (χ2v) is 6.08. The number of carboxylic acid groups (broad SMARTS) is 1. The fourth-order valence-corrected chi connectivity index (χ4v) is 1.63. The number of aliphatic carboxylic acids is 1. The van der Waals surface area contributed by atoms with Crippen LogP contribution in [0.4, 0.5) is 0 Å². The molecule has 0 fully saturated rings. The van der Waals surface area contributed by atoms with Crippen LogP contribution in [-0.4, -0.2) is 35.1 Å². The molecule has 0 aromatic carbocycles. The maximum absolute atomic E-state index is 11.9. The van der Waals surface area contributed by atoms with E-state index in [4.69, 9.17) is 9.84 Å². The molecule has 0 aliphatic heterocycles. The number of carboxylic acids is 1. The first-order chi connectivity index (χ1) is 9.03. The highest BCUT2D eigenvalue weighted by atomic mass is 16.6. The number of amides is 1. The molecule has 1 amide bonds. The van der Waals surface area contributed by atoms with Gasteiger partial charge in [0.1, 0.15) is 5.60 Å². The Morgan fingerprint density at radius 3 is 2.15 bits per heavy atom. The molecule has 0 bridgehead atoms. The van der Waals surface area contributed by atoms with E-state index in [1.165, 1.54) is 0 Å². The summed E-state index contributed by atoms with van der Waals surface area (Å²) in [4.78, 5) is 34.0. The van der Waals surface area contributed by atoms with Gasteiger partial charge in [0.2, 0.25) is 5.91 Å². The summed E-state index contributed by atoms with van der Waals surface area (Å²) in [5, 5.41) is 11.4. The van der Waals surface area contributed by atoms with Crippen LogP contribution in [-0.2, 0) is 19.1 Å². The van der Waals surface area contributed by atoms with Gasteiger partial charge in [0.05, 0.1) is 18.8 Å². The molecule has 6 nitrogen and oxygen atoms in total. The number of rotatable bonds is 7. The highest BCUT2D eigenvalue weighted by Gasteiger charge is 2.25. The molecule has 0 aliphatic rings. The lowest BCUT2D eigenvalue weighted by molar-refractivity contribution is -0.154. The van der Waals surface area contributed by atoms with Crippen molar-refractivity contribution in [3.63, 3.8) is 0 Å². The van der Waals surface area contributed by atoms with E-state index in [1.807, 2.05) is 0 Å². The average Bonchev–Trinajstić information content (AvgIpc) is 2.22. The smallest absolute Gasteiger partial charge is 0.308 e. The summed E-state index contributed by atoms with van der Waals surface area (Å²) >= 11 is 0. The normalized spacial score (nSPS) is 12.9. The van der Waals surface area contributed by atoms with E-state index in [2.05, 4.69) is 5.32 Å². The minimum absolute atomic E-state index is 0.0703. The molecule has 0 radical (unpaired) electrons. The van der Waals surface area contributed by atoms with Gasteiger partial charge in [0.15, 0.2) is 0 Å². The molecule has 0 spiro atoms. The van der Waals surface area contributed by atoms with Crippen molar-refractivity contribution in [1.29, 1.82) is 0 Å². The molecule has 0 aliphatic carbocycles. The van der Waals surface area contributed by atoms with Crippen molar-refractivity contribution in [3.05, 3.63) is 0 Å². The minimum atomic E-state index is -1.01. The number of ether oxygens (including phenoxy) is 1. The third-order valence-corrected chi connectivity index (χ3v) is 2.58. The van der Waals surface area contributed by atoms with Gasteiger partial charge in [0, 0.05) is 6.54 Å². The van der Waals surface area contributed by atoms with E-state index in [1.54, 1.807) is 34.6 Å². The van der Waals surface area contributed by atoms with Gasteiger partial charge in [-0.3, -0.25) is 14.4 Å². The molecular weight excluding hydrogens is 262 g/mol. The molecule has 1 unspecified atom stereocenters. The van der Waals surface area contributed by atoms with Crippen LogP contribution in [0.25, 0.3) is 0 Å². The number of carbonyl (C=O) groups excluding carboxylic acids is 2. The largest absolute Gasteiger partial charge is 0.481 e. The Bertz CT molecular complexity index is 357. The Morgan fingerprint density at radius 1 is 1.20 bits per heavy atom. The molecule has 0 aromatic rings. The summed E-state index contributed by atoms with van der Waals surface area (Å²) < 4.78 is 5.11. The molecule has 116 valence electrons. The van der Waals surface area contributed by atoms with Crippen LogP contribution in [0.3, 0.4) is 0 Å². The second kappa shape index (κ2) is 7.87. The van der Waals surface area contributed by atoms with Crippen molar-refractivity contribution >= 4 is 17.8 Å². The van der Waals surface area contributed by atoms with Gasteiger partial charge in [-0.1, -0.05) is 13.8 Å². The zero-order valence-corrected chi connectivity index (χ0v) is 12.9. The van der Waals surface area contributed by atoms with Crippen molar-refractivity contribution < 1.29 is 24.2 Å². The lowest BCUT2D eigenvalue weighted by atomic mass is 9.91. The standard InChI is InChI=1S/C14H25NO5/c1-9(2)10(8-11(16)17)13(19)15-7-6-12(18)20-14(3,4)5/h9-10H,6-8H2,1-5H3,(H,15,19)(H,16,17). The van der Waals surface area contributed by atoms with Crippen LogP contribution >= 0.6 is 0 Å². The van der Waals surface area contributed by atoms with Gasteiger partial charge in [-0.15, -0.1) is 0 Å². The SMILES string of the molecule is CC(C)C(CC(=O)O)C(=O)NCCC(=O)OC(C)(C)C.